The van der Waals surface area contributed by atoms with Crippen LogP contribution in [0.25, 0.3) is 5.65 Å². The van der Waals surface area contributed by atoms with Gasteiger partial charge in [-0.25, -0.2) is 14.2 Å². The van der Waals surface area contributed by atoms with Gasteiger partial charge in [-0.05, 0) is 38.8 Å². The maximum atomic E-state index is 13.4. The molecule has 10 nitrogen and oxygen atoms in total. The van der Waals surface area contributed by atoms with Crippen LogP contribution >= 0.6 is 0 Å². The zero-order valence-electron chi connectivity index (χ0n) is 21.2. The maximum absolute atomic E-state index is 13.4. The number of carbonyl (C=O) groups is 2. The van der Waals surface area contributed by atoms with Crippen LogP contribution < -0.4 is 14.8 Å². The summed E-state index contributed by atoms with van der Waals surface area (Å²) in [6.07, 6.45) is -0.404. The summed E-state index contributed by atoms with van der Waals surface area (Å²) in [5.41, 5.74) is 0.826. The zero-order valence-corrected chi connectivity index (χ0v) is 21.2. The average molecular weight is 554 g/mol. The molecule has 0 atom stereocenters. The van der Waals surface area contributed by atoms with Gasteiger partial charge in [0.15, 0.2) is 5.82 Å². The normalized spacial score (nSPS) is 21.6. The minimum absolute atomic E-state index is 0.137. The number of fused-ring (bicyclic) bond motifs is 2. The number of anilines is 1. The van der Waals surface area contributed by atoms with Crippen molar-refractivity contribution in [1.82, 2.24) is 14.4 Å². The molecule has 2 N–H and O–H groups in total. The van der Waals surface area contributed by atoms with E-state index in [4.69, 9.17) is 29.1 Å². The second kappa shape index (κ2) is 10.3. The van der Waals surface area contributed by atoms with Gasteiger partial charge < -0.3 is 24.6 Å². The first-order valence-corrected chi connectivity index (χ1v) is 11.8. The lowest BCUT2D eigenvalue weighted by Crippen LogP contribution is -2.48. The van der Waals surface area contributed by atoms with Crippen LogP contribution in [0.5, 0.6) is 11.6 Å². The number of rotatable bonds is 7. The molecule has 6 rings (SSSR count). The Kier molecular flexibility index (Phi) is 7.43. The van der Waals surface area contributed by atoms with Gasteiger partial charge in [-0.2, -0.15) is 18.2 Å². The van der Waals surface area contributed by atoms with Gasteiger partial charge in [0.25, 0.3) is 11.8 Å². The number of benzene rings is 1. The zero-order chi connectivity index (χ0) is 28.6. The number of alkyl halides is 4. The van der Waals surface area contributed by atoms with Gasteiger partial charge in [-0.15, -0.1) is 0 Å². The van der Waals surface area contributed by atoms with Gasteiger partial charge in [0.05, 0.1) is 42.9 Å². The molecule has 3 fully saturated rings. The van der Waals surface area contributed by atoms with Crippen LogP contribution in [0.1, 0.15) is 42.7 Å². The standard InChI is InChI=1S/C23H25FN4O4.C2HF3O2/c1-14(2)32-21-19-25-17(22-10-23(11-22,12-24)31-13-22)8-28(19)9-18(27-21)26-20(29)15-6-4-5-7-16(15)30-3;3-2(4,5)1(6)7/h4-9,14H,10-13H2,1-3H3,(H,26,29);(H,6,7). The molecule has 0 spiro atoms. The first-order chi connectivity index (χ1) is 18.3. The molecule has 14 heteroatoms. The van der Waals surface area contributed by atoms with Crippen molar-refractivity contribution >= 4 is 23.3 Å². The Hall–Kier alpha value is -3.94. The quantitative estimate of drug-likeness (QED) is 0.417. The molecule has 1 aliphatic carbocycles. The molecular weight excluding hydrogens is 528 g/mol. The van der Waals surface area contributed by atoms with Gasteiger partial charge in [0, 0.05) is 11.6 Å². The largest absolute Gasteiger partial charge is 0.496 e. The molecule has 1 saturated carbocycles. The van der Waals surface area contributed by atoms with E-state index in [1.165, 1.54) is 7.11 Å². The van der Waals surface area contributed by atoms with Crippen molar-refractivity contribution in [2.45, 2.75) is 50.0 Å². The van der Waals surface area contributed by atoms with Crippen LogP contribution in [0.2, 0.25) is 0 Å². The lowest BCUT2D eigenvalue weighted by Gasteiger charge is -2.41. The van der Waals surface area contributed by atoms with E-state index in [-0.39, 0.29) is 17.4 Å². The predicted molar refractivity (Wildman–Crippen MR) is 129 cm³/mol. The highest BCUT2D eigenvalue weighted by molar-refractivity contribution is 6.05. The first-order valence-electron chi connectivity index (χ1n) is 11.8. The summed E-state index contributed by atoms with van der Waals surface area (Å²) in [6.45, 7) is 3.76. The topological polar surface area (TPSA) is 124 Å². The van der Waals surface area contributed by atoms with Gasteiger partial charge in [-0.3, -0.25) is 9.20 Å². The summed E-state index contributed by atoms with van der Waals surface area (Å²) in [4.78, 5) is 31.0. The number of imidazole rings is 1. The molecule has 2 aromatic heterocycles. The number of carbonyl (C=O) groups excluding carboxylic acids is 1. The summed E-state index contributed by atoms with van der Waals surface area (Å²) in [5.74, 6) is -2.00. The molecule has 3 aliphatic rings. The van der Waals surface area contributed by atoms with Gasteiger partial charge in [0.1, 0.15) is 12.4 Å². The highest BCUT2D eigenvalue weighted by Gasteiger charge is 2.64. The lowest BCUT2D eigenvalue weighted by molar-refractivity contribution is -0.192. The summed E-state index contributed by atoms with van der Waals surface area (Å²) >= 11 is 0. The Morgan fingerprint density at radius 3 is 2.44 bits per heavy atom. The van der Waals surface area contributed by atoms with Gasteiger partial charge in [0.2, 0.25) is 5.65 Å². The van der Waals surface area contributed by atoms with E-state index in [1.807, 2.05) is 20.0 Å². The molecule has 0 radical (unpaired) electrons. The molecule has 2 bridgehead atoms. The first kappa shape index (κ1) is 28.1. The number of amides is 1. The predicted octanol–water partition coefficient (Wildman–Crippen LogP) is 4.18. The molecular formula is C25H26F4N4O6. The number of ether oxygens (including phenoxy) is 3. The number of nitrogens with zero attached hydrogens (tertiary/aromatic N) is 3. The van der Waals surface area contributed by atoms with Crippen LogP contribution in [0.4, 0.5) is 23.4 Å². The Bertz CT molecular complexity index is 1380. The molecule has 2 saturated heterocycles. The Morgan fingerprint density at radius 1 is 1.21 bits per heavy atom. The van der Waals surface area contributed by atoms with Crippen molar-refractivity contribution in [2.24, 2.45) is 0 Å². The van der Waals surface area contributed by atoms with Gasteiger partial charge in [-0.1, -0.05) is 12.1 Å². The number of halogens is 4. The fraction of sp³-hybridized carbons (Fsp3) is 0.440. The van der Waals surface area contributed by atoms with Crippen molar-refractivity contribution in [3.05, 3.63) is 47.9 Å². The third-order valence-corrected chi connectivity index (χ3v) is 6.35. The third-order valence-electron chi connectivity index (χ3n) is 6.35. The van der Waals surface area contributed by atoms with Crippen molar-refractivity contribution in [1.29, 1.82) is 0 Å². The van der Waals surface area contributed by atoms with Crippen LogP contribution in [0, 0.1) is 0 Å². The summed E-state index contributed by atoms with van der Waals surface area (Å²) in [5, 5.41) is 9.94. The number of aromatic nitrogens is 3. The molecule has 1 aromatic carbocycles. The van der Waals surface area contributed by atoms with E-state index < -0.39 is 24.4 Å². The summed E-state index contributed by atoms with van der Waals surface area (Å²) < 4.78 is 63.8. The Balaban J connectivity index is 0.000000448. The van der Waals surface area contributed by atoms with Crippen LogP contribution in [-0.4, -0.2) is 69.6 Å². The fourth-order valence-corrected chi connectivity index (χ4v) is 4.67. The number of carboxylic acid groups (broad SMARTS) is 1. The minimum Gasteiger partial charge on any atom is -0.496 e. The maximum Gasteiger partial charge on any atom is 0.490 e. The van der Waals surface area contributed by atoms with E-state index in [0.29, 0.717) is 48.1 Å². The smallest absolute Gasteiger partial charge is 0.490 e. The number of carboxylic acids is 1. The third kappa shape index (κ3) is 5.60. The number of para-hydroxylation sites is 1. The monoisotopic (exact) mass is 554 g/mol. The fourth-order valence-electron chi connectivity index (χ4n) is 4.67. The summed E-state index contributed by atoms with van der Waals surface area (Å²) in [7, 11) is 1.52. The summed E-state index contributed by atoms with van der Waals surface area (Å²) in [6, 6.07) is 6.97. The molecule has 3 aromatic rings. The van der Waals surface area contributed by atoms with Crippen LogP contribution in [-0.2, 0) is 14.9 Å². The van der Waals surface area contributed by atoms with Crippen molar-refractivity contribution in [2.75, 3.05) is 25.7 Å². The molecule has 210 valence electrons. The number of hydrogen-bond donors (Lipinski definition) is 2. The highest BCUT2D eigenvalue weighted by Crippen LogP contribution is 2.58. The Morgan fingerprint density at radius 2 is 1.87 bits per heavy atom. The number of hydrogen-bond acceptors (Lipinski definition) is 7. The van der Waals surface area contributed by atoms with Crippen molar-refractivity contribution in [3.8, 4) is 11.6 Å². The van der Waals surface area contributed by atoms with Crippen molar-refractivity contribution in [3.63, 3.8) is 0 Å². The molecule has 0 unspecified atom stereocenters. The molecule has 39 heavy (non-hydrogen) atoms. The van der Waals surface area contributed by atoms with E-state index in [0.717, 1.165) is 5.69 Å². The van der Waals surface area contributed by atoms with E-state index in [2.05, 4.69) is 10.3 Å². The second-order valence-electron chi connectivity index (χ2n) is 9.65. The van der Waals surface area contributed by atoms with E-state index >= 15 is 0 Å². The molecule has 1 amide bonds. The van der Waals surface area contributed by atoms with E-state index in [9.17, 15) is 22.4 Å². The minimum atomic E-state index is -5.08. The number of aliphatic carboxylic acids is 1. The number of methoxy groups -OCH3 is 1. The number of nitrogens with one attached hydrogen (secondary N) is 1. The SMILES string of the molecule is COc1ccccc1C(=O)Nc1cn2cc(C34COC(CF)(C3)C4)nc2c(OC(C)C)n1.O=C(O)C(F)(F)F. The van der Waals surface area contributed by atoms with E-state index in [1.54, 1.807) is 34.9 Å². The van der Waals surface area contributed by atoms with Crippen LogP contribution in [0.3, 0.4) is 0 Å². The molecule has 2 aliphatic heterocycles. The van der Waals surface area contributed by atoms with Crippen molar-refractivity contribution < 1.29 is 46.5 Å². The molecule has 4 heterocycles. The lowest BCUT2D eigenvalue weighted by atomic mass is 9.61. The second-order valence-corrected chi connectivity index (χ2v) is 9.65. The average Bonchev–Trinajstić information content (AvgIpc) is 3.55. The van der Waals surface area contributed by atoms with Crippen LogP contribution in [0.15, 0.2) is 36.7 Å². The highest BCUT2D eigenvalue weighted by atomic mass is 19.4. The van der Waals surface area contributed by atoms with Gasteiger partial charge >= 0.3 is 12.1 Å². The Labute approximate surface area is 219 Å².